The fraction of sp³-hybridized carbons (Fsp3) is 0. The zero-order valence-electron chi connectivity index (χ0n) is 7.04. The van der Waals surface area contributed by atoms with Gasteiger partial charge in [-0.1, -0.05) is 18.2 Å². The van der Waals surface area contributed by atoms with Gasteiger partial charge in [-0.05, 0) is 18.2 Å². The highest BCUT2D eigenvalue weighted by atomic mass is 32.2. The third-order valence-electron chi connectivity index (χ3n) is 1.83. The topological polar surface area (TPSA) is 70.1 Å². The zero-order chi connectivity index (χ0) is 10.2. The zero-order valence-corrected chi connectivity index (χ0v) is 7.86. The van der Waals surface area contributed by atoms with Gasteiger partial charge in [-0.2, -0.15) is 0 Å². The molecular formula is C9H6NO3S-. The Morgan fingerprint density at radius 3 is 2.50 bits per heavy atom. The number of para-hydroxylation sites is 1. The molecule has 0 aliphatic rings. The summed E-state index contributed by atoms with van der Waals surface area (Å²) in [6, 6.07) is 9.78. The van der Waals surface area contributed by atoms with E-state index in [1.165, 1.54) is 6.07 Å². The van der Waals surface area contributed by atoms with Gasteiger partial charge in [0.1, 0.15) is 15.1 Å². The molecule has 0 bridgehead atoms. The van der Waals surface area contributed by atoms with E-state index in [1.807, 2.05) is 6.07 Å². The molecule has 72 valence electrons. The average molecular weight is 208 g/mol. The van der Waals surface area contributed by atoms with Crippen molar-refractivity contribution in [2.75, 3.05) is 0 Å². The molecule has 4 nitrogen and oxygen atoms in total. The van der Waals surface area contributed by atoms with Crippen LogP contribution >= 0.6 is 0 Å². The van der Waals surface area contributed by atoms with Crippen LogP contribution in [0.15, 0.2) is 41.4 Å². The molecule has 0 N–H and O–H groups in total. The Morgan fingerprint density at radius 2 is 1.79 bits per heavy atom. The van der Waals surface area contributed by atoms with E-state index in [-0.39, 0.29) is 0 Å². The van der Waals surface area contributed by atoms with Crippen LogP contribution < -0.4 is 0 Å². The number of fused-ring (bicyclic) bond motifs is 1. The van der Waals surface area contributed by atoms with Gasteiger partial charge in [-0.15, -0.1) is 0 Å². The number of rotatable bonds is 1. The molecule has 1 heterocycles. The fourth-order valence-electron chi connectivity index (χ4n) is 1.19. The Bertz CT molecular complexity index is 577. The number of aromatic nitrogens is 1. The van der Waals surface area contributed by atoms with Crippen molar-refractivity contribution in [3.63, 3.8) is 0 Å². The quantitative estimate of drug-likeness (QED) is 0.659. The summed E-state index contributed by atoms with van der Waals surface area (Å²) in [5.41, 5.74) is 0.504. The van der Waals surface area contributed by atoms with Crippen LogP contribution in [0, 0.1) is 0 Å². The number of pyridine rings is 1. The van der Waals surface area contributed by atoms with Crippen molar-refractivity contribution in [3.8, 4) is 0 Å². The maximum Gasteiger partial charge on any atom is 0.143 e. The normalized spacial score (nSPS) is 11.8. The average Bonchev–Trinajstić information content (AvgIpc) is 2.16. The fourth-order valence-corrected chi connectivity index (χ4v) is 1.63. The summed E-state index contributed by atoms with van der Waals surface area (Å²) in [5.74, 6) is 0. The molecule has 0 atom stereocenters. The molecule has 0 aliphatic carbocycles. The minimum atomic E-state index is -4.46. The van der Waals surface area contributed by atoms with E-state index in [9.17, 15) is 13.0 Å². The molecule has 0 fully saturated rings. The van der Waals surface area contributed by atoms with Crippen LogP contribution in [0.4, 0.5) is 0 Å². The largest absolute Gasteiger partial charge is 0.743 e. The van der Waals surface area contributed by atoms with Crippen LogP contribution in [0.3, 0.4) is 0 Å². The van der Waals surface area contributed by atoms with E-state index < -0.39 is 15.1 Å². The van der Waals surface area contributed by atoms with Crippen molar-refractivity contribution in [3.05, 3.63) is 36.4 Å². The standard InChI is InChI=1S/C9H7NO3S/c11-14(12,13)9-6-5-7-3-1-2-4-8(7)10-9/h1-6H,(H,11,12,13)/p-1. The van der Waals surface area contributed by atoms with Gasteiger partial charge < -0.3 is 4.55 Å². The van der Waals surface area contributed by atoms with E-state index in [1.54, 1.807) is 24.3 Å². The minimum absolute atomic E-state index is 0.434. The van der Waals surface area contributed by atoms with Crippen molar-refractivity contribution < 1.29 is 13.0 Å². The number of nitrogens with zero attached hydrogens (tertiary/aromatic N) is 1. The highest BCUT2D eigenvalue weighted by Crippen LogP contribution is 2.14. The van der Waals surface area contributed by atoms with Crippen LogP contribution in [-0.2, 0) is 10.1 Å². The van der Waals surface area contributed by atoms with Gasteiger partial charge in [0, 0.05) is 5.39 Å². The maximum atomic E-state index is 10.7. The Morgan fingerprint density at radius 1 is 1.07 bits per heavy atom. The first-order valence-corrected chi connectivity index (χ1v) is 5.30. The first kappa shape index (κ1) is 9.11. The lowest BCUT2D eigenvalue weighted by Crippen LogP contribution is -2.01. The highest BCUT2D eigenvalue weighted by molar-refractivity contribution is 7.85. The molecule has 0 unspecified atom stereocenters. The minimum Gasteiger partial charge on any atom is -0.743 e. The van der Waals surface area contributed by atoms with Crippen molar-refractivity contribution in [2.45, 2.75) is 5.03 Å². The van der Waals surface area contributed by atoms with E-state index in [4.69, 9.17) is 0 Å². The van der Waals surface area contributed by atoms with Crippen LogP contribution in [-0.4, -0.2) is 18.0 Å². The number of benzene rings is 1. The Balaban J connectivity index is 2.75. The van der Waals surface area contributed by atoms with Crippen LogP contribution in [0.1, 0.15) is 0 Å². The summed E-state index contributed by atoms with van der Waals surface area (Å²) < 4.78 is 32.0. The molecule has 0 spiro atoms. The summed E-state index contributed by atoms with van der Waals surface area (Å²) in [4.78, 5) is 3.75. The summed E-state index contributed by atoms with van der Waals surface area (Å²) in [6.45, 7) is 0. The lowest BCUT2D eigenvalue weighted by atomic mass is 10.2. The van der Waals surface area contributed by atoms with E-state index in [2.05, 4.69) is 4.98 Å². The molecule has 0 radical (unpaired) electrons. The van der Waals surface area contributed by atoms with Crippen molar-refractivity contribution >= 4 is 21.0 Å². The molecule has 0 amide bonds. The summed E-state index contributed by atoms with van der Waals surface area (Å²) >= 11 is 0. The van der Waals surface area contributed by atoms with E-state index in [0.717, 1.165) is 5.39 Å². The third kappa shape index (κ3) is 1.59. The van der Waals surface area contributed by atoms with Gasteiger partial charge in [-0.25, -0.2) is 13.4 Å². The molecule has 0 saturated heterocycles. The first-order valence-electron chi connectivity index (χ1n) is 3.89. The van der Waals surface area contributed by atoms with Crippen LogP contribution in [0.25, 0.3) is 10.9 Å². The lowest BCUT2D eigenvalue weighted by molar-refractivity contribution is 0.460. The van der Waals surface area contributed by atoms with Gasteiger partial charge in [-0.3, -0.25) is 0 Å². The van der Waals surface area contributed by atoms with Crippen molar-refractivity contribution in [1.29, 1.82) is 0 Å². The summed E-state index contributed by atoms with van der Waals surface area (Å²) in [7, 11) is -4.46. The SMILES string of the molecule is O=S(=O)([O-])c1ccc2ccccc2n1. The van der Waals surface area contributed by atoms with Crippen LogP contribution in [0.5, 0.6) is 0 Å². The Labute approximate surface area is 81.0 Å². The highest BCUT2D eigenvalue weighted by Gasteiger charge is 2.03. The molecule has 2 rings (SSSR count). The molecule has 14 heavy (non-hydrogen) atoms. The first-order chi connectivity index (χ1) is 6.57. The molecular weight excluding hydrogens is 202 g/mol. The monoisotopic (exact) mass is 208 g/mol. The second kappa shape index (κ2) is 3.04. The van der Waals surface area contributed by atoms with E-state index >= 15 is 0 Å². The van der Waals surface area contributed by atoms with Gasteiger partial charge in [0.2, 0.25) is 0 Å². The van der Waals surface area contributed by atoms with Gasteiger partial charge in [0.05, 0.1) is 5.52 Å². The molecule has 0 aliphatic heterocycles. The number of hydrogen-bond acceptors (Lipinski definition) is 4. The molecule has 0 saturated carbocycles. The van der Waals surface area contributed by atoms with Gasteiger partial charge in [0.15, 0.2) is 0 Å². The molecule has 2 aromatic rings. The molecule has 5 heteroatoms. The predicted molar refractivity (Wildman–Crippen MR) is 49.7 cm³/mol. The molecule has 1 aromatic heterocycles. The van der Waals surface area contributed by atoms with Crippen molar-refractivity contribution in [2.24, 2.45) is 0 Å². The number of hydrogen-bond donors (Lipinski definition) is 0. The second-order valence-electron chi connectivity index (χ2n) is 2.80. The van der Waals surface area contributed by atoms with Crippen LogP contribution in [0.2, 0.25) is 0 Å². The predicted octanol–water partition coefficient (Wildman–Crippen LogP) is 1.14. The second-order valence-corrected chi connectivity index (χ2v) is 4.12. The molecule has 1 aromatic carbocycles. The van der Waals surface area contributed by atoms with E-state index in [0.29, 0.717) is 5.52 Å². The third-order valence-corrected chi connectivity index (χ3v) is 2.57. The van der Waals surface area contributed by atoms with Crippen molar-refractivity contribution in [1.82, 2.24) is 4.98 Å². The lowest BCUT2D eigenvalue weighted by Gasteiger charge is -2.06. The summed E-state index contributed by atoms with van der Waals surface area (Å²) in [6.07, 6.45) is 0. The summed E-state index contributed by atoms with van der Waals surface area (Å²) in [5, 5.41) is 0.371. The van der Waals surface area contributed by atoms with Gasteiger partial charge >= 0.3 is 0 Å². The maximum absolute atomic E-state index is 10.7. The van der Waals surface area contributed by atoms with Gasteiger partial charge in [0.25, 0.3) is 0 Å². The Kier molecular flexibility index (Phi) is 1.98. The smallest absolute Gasteiger partial charge is 0.143 e. The Hall–Kier alpha value is -1.46.